The highest BCUT2D eigenvalue weighted by atomic mass is 16.5. The summed E-state index contributed by atoms with van der Waals surface area (Å²) >= 11 is 0. The van der Waals surface area contributed by atoms with Crippen LogP contribution in [0, 0.1) is 5.92 Å². The van der Waals surface area contributed by atoms with E-state index in [1.807, 2.05) is 0 Å². The van der Waals surface area contributed by atoms with Crippen LogP contribution in [-0.4, -0.2) is 13.2 Å². The van der Waals surface area contributed by atoms with Gasteiger partial charge in [0.05, 0.1) is 0 Å². The quantitative estimate of drug-likeness (QED) is 0.193. The number of ether oxygens (including phenoxy) is 1. The van der Waals surface area contributed by atoms with Gasteiger partial charge in [-0.05, 0) is 57.3 Å². The highest BCUT2D eigenvalue weighted by Gasteiger charge is 1.92. The molecule has 0 aromatic heterocycles. The number of hydrogen-bond acceptors (Lipinski definition) is 1. The molecule has 0 spiro atoms. The van der Waals surface area contributed by atoms with E-state index in [2.05, 4.69) is 69.4 Å². The molecule has 0 radical (unpaired) electrons. The van der Waals surface area contributed by atoms with E-state index in [4.69, 9.17) is 4.74 Å². The van der Waals surface area contributed by atoms with Gasteiger partial charge in [0.1, 0.15) is 0 Å². The van der Waals surface area contributed by atoms with Crippen molar-refractivity contribution in [2.45, 2.75) is 85.0 Å². The van der Waals surface area contributed by atoms with Gasteiger partial charge in [-0.15, -0.1) is 0 Å². The van der Waals surface area contributed by atoms with Crippen LogP contribution in [0.15, 0.2) is 48.6 Å². The van der Waals surface area contributed by atoms with Gasteiger partial charge >= 0.3 is 0 Å². The Bertz CT molecular complexity index is 360. The van der Waals surface area contributed by atoms with Crippen LogP contribution in [0.1, 0.15) is 85.0 Å². The zero-order valence-corrected chi connectivity index (χ0v) is 17.1. The molecule has 0 atom stereocenters. The molecule has 0 saturated carbocycles. The lowest BCUT2D eigenvalue weighted by atomic mass is 10.2. The Morgan fingerprint density at radius 3 is 1.60 bits per heavy atom. The lowest BCUT2D eigenvalue weighted by Crippen LogP contribution is -2.02. The molecule has 0 rings (SSSR count). The molecule has 0 fully saturated rings. The molecule has 0 heterocycles. The molecule has 0 N–H and O–H groups in total. The maximum atomic E-state index is 5.58. The van der Waals surface area contributed by atoms with Crippen molar-refractivity contribution in [2.75, 3.05) is 13.2 Å². The first-order valence-corrected chi connectivity index (χ1v) is 10.4. The Kier molecular flexibility index (Phi) is 20.1. The van der Waals surface area contributed by atoms with Crippen LogP contribution >= 0.6 is 0 Å². The molecule has 144 valence electrons. The molecule has 0 unspecified atom stereocenters. The van der Waals surface area contributed by atoms with Gasteiger partial charge in [-0.2, -0.15) is 0 Å². The number of allylic oxidation sites excluding steroid dienone is 8. The summed E-state index contributed by atoms with van der Waals surface area (Å²) in [5.74, 6) is 0.647. The van der Waals surface area contributed by atoms with Gasteiger partial charge in [-0.3, -0.25) is 0 Å². The average molecular weight is 347 g/mol. The van der Waals surface area contributed by atoms with Crippen molar-refractivity contribution in [3.05, 3.63) is 48.6 Å². The zero-order valence-electron chi connectivity index (χ0n) is 17.1. The van der Waals surface area contributed by atoms with E-state index in [0.717, 1.165) is 32.5 Å². The molecule has 0 aliphatic heterocycles. The second-order valence-corrected chi connectivity index (χ2v) is 7.05. The Balaban J connectivity index is 3.35. The van der Waals surface area contributed by atoms with Crippen molar-refractivity contribution in [1.29, 1.82) is 0 Å². The van der Waals surface area contributed by atoms with Gasteiger partial charge in [-0.1, -0.05) is 82.2 Å². The Morgan fingerprint density at radius 1 is 0.640 bits per heavy atom. The van der Waals surface area contributed by atoms with E-state index in [9.17, 15) is 0 Å². The van der Waals surface area contributed by atoms with E-state index in [1.54, 1.807) is 0 Å². The normalized spacial score (nSPS) is 12.8. The molecule has 0 amide bonds. The van der Waals surface area contributed by atoms with Crippen LogP contribution in [0.4, 0.5) is 0 Å². The van der Waals surface area contributed by atoms with Crippen molar-refractivity contribution in [2.24, 2.45) is 5.92 Å². The molecule has 1 heteroatoms. The smallest absolute Gasteiger partial charge is 0.0488 e. The van der Waals surface area contributed by atoms with Crippen LogP contribution in [0.25, 0.3) is 0 Å². The zero-order chi connectivity index (χ0) is 18.4. The van der Waals surface area contributed by atoms with Crippen molar-refractivity contribution in [1.82, 2.24) is 0 Å². The maximum absolute atomic E-state index is 5.58. The largest absolute Gasteiger partial charge is 0.381 e. The van der Waals surface area contributed by atoms with E-state index in [0.29, 0.717) is 5.92 Å². The minimum atomic E-state index is 0.647. The van der Waals surface area contributed by atoms with Gasteiger partial charge in [0.15, 0.2) is 0 Å². The third kappa shape index (κ3) is 22.9. The molecule has 0 saturated heterocycles. The summed E-state index contributed by atoms with van der Waals surface area (Å²) in [5, 5.41) is 0. The van der Waals surface area contributed by atoms with Gasteiger partial charge < -0.3 is 4.74 Å². The molecule has 0 aromatic carbocycles. The molecule has 0 bridgehead atoms. The van der Waals surface area contributed by atoms with E-state index in [1.165, 1.54) is 44.9 Å². The predicted octanol–water partition coefficient (Wildman–Crippen LogP) is 7.80. The maximum Gasteiger partial charge on any atom is 0.0488 e. The first-order chi connectivity index (χ1) is 12.3. The second-order valence-electron chi connectivity index (χ2n) is 7.05. The average Bonchev–Trinajstić information content (AvgIpc) is 2.60. The van der Waals surface area contributed by atoms with Crippen LogP contribution in [0.2, 0.25) is 0 Å². The first-order valence-electron chi connectivity index (χ1n) is 10.4. The lowest BCUT2D eigenvalue weighted by Gasteiger charge is -2.05. The summed E-state index contributed by atoms with van der Waals surface area (Å²) in [4.78, 5) is 0. The predicted molar refractivity (Wildman–Crippen MR) is 114 cm³/mol. The Hall–Kier alpha value is -1.08. The topological polar surface area (TPSA) is 9.23 Å². The first kappa shape index (κ1) is 23.9. The highest BCUT2D eigenvalue weighted by molar-refractivity contribution is 4.99. The van der Waals surface area contributed by atoms with Crippen molar-refractivity contribution in [3.63, 3.8) is 0 Å². The van der Waals surface area contributed by atoms with Crippen molar-refractivity contribution in [3.8, 4) is 0 Å². The number of hydrogen-bond donors (Lipinski definition) is 0. The van der Waals surface area contributed by atoms with Gasteiger partial charge in [0, 0.05) is 13.2 Å². The van der Waals surface area contributed by atoms with Gasteiger partial charge in [-0.25, -0.2) is 0 Å². The molecule has 1 nitrogen and oxygen atoms in total. The molecule has 0 aromatic rings. The summed E-state index contributed by atoms with van der Waals surface area (Å²) in [7, 11) is 0. The minimum Gasteiger partial charge on any atom is -0.381 e. The fraction of sp³-hybridized carbons (Fsp3) is 0.667. The van der Waals surface area contributed by atoms with Crippen molar-refractivity contribution >= 4 is 0 Å². The fourth-order valence-electron chi connectivity index (χ4n) is 2.35. The molecular weight excluding hydrogens is 304 g/mol. The number of rotatable bonds is 17. The summed E-state index contributed by atoms with van der Waals surface area (Å²) in [5.41, 5.74) is 0. The van der Waals surface area contributed by atoms with Gasteiger partial charge in [0.25, 0.3) is 0 Å². The van der Waals surface area contributed by atoms with Crippen molar-refractivity contribution < 1.29 is 4.74 Å². The molecular formula is C24H42O. The van der Waals surface area contributed by atoms with E-state index in [-0.39, 0.29) is 0 Å². The van der Waals surface area contributed by atoms with Crippen LogP contribution < -0.4 is 0 Å². The summed E-state index contributed by atoms with van der Waals surface area (Å²) in [6, 6.07) is 0. The van der Waals surface area contributed by atoms with Gasteiger partial charge in [0.2, 0.25) is 0 Å². The van der Waals surface area contributed by atoms with E-state index >= 15 is 0 Å². The highest BCUT2D eigenvalue weighted by Crippen LogP contribution is 2.02. The minimum absolute atomic E-state index is 0.647. The SMILES string of the molecule is CCCCC/C=C\C/C=C\C/C=C\C/C=C\CCCCOCC(C)C. The van der Waals surface area contributed by atoms with Crippen LogP contribution in [0.5, 0.6) is 0 Å². The fourth-order valence-corrected chi connectivity index (χ4v) is 2.35. The lowest BCUT2D eigenvalue weighted by molar-refractivity contribution is 0.107. The standard InChI is InChI=1S/C24H42O/c1-4-5-6-7-8-9-10-11-12-13-14-15-16-17-18-19-20-21-22-25-23-24(2)3/h8-9,11-12,14-15,17-18,24H,4-7,10,13,16,19-23H2,1-3H3/b9-8-,12-11-,15-14-,18-17-. The van der Waals surface area contributed by atoms with E-state index < -0.39 is 0 Å². The Labute approximate surface area is 157 Å². The molecule has 25 heavy (non-hydrogen) atoms. The Morgan fingerprint density at radius 2 is 1.12 bits per heavy atom. The summed E-state index contributed by atoms with van der Waals surface area (Å²) in [6.07, 6.45) is 30.2. The summed E-state index contributed by atoms with van der Waals surface area (Å²) < 4.78 is 5.58. The van der Waals surface area contributed by atoms with Crippen LogP contribution in [-0.2, 0) is 4.74 Å². The second kappa shape index (κ2) is 21.0. The molecule has 0 aliphatic rings. The molecule has 0 aliphatic carbocycles. The third-order valence-corrected chi connectivity index (χ3v) is 3.82. The monoisotopic (exact) mass is 346 g/mol. The summed E-state index contributed by atoms with van der Waals surface area (Å²) in [6.45, 7) is 8.44. The van der Waals surface area contributed by atoms with Crippen LogP contribution in [0.3, 0.4) is 0 Å². The number of unbranched alkanes of at least 4 members (excludes halogenated alkanes) is 5. The third-order valence-electron chi connectivity index (χ3n) is 3.82.